The highest BCUT2D eigenvalue weighted by molar-refractivity contribution is 5.97. The summed E-state index contributed by atoms with van der Waals surface area (Å²) in [5.74, 6) is -0.352. The van der Waals surface area contributed by atoms with Crippen molar-refractivity contribution in [3.8, 4) is 0 Å². The first-order valence-corrected chi connectivity index (χ1v) is 7.58. The van der Waals surface area contributed by atoms with E-state index in [2.05, 4.69) is 41.4 Å². The van der Waals surface area contributed by atoms with Gasteiger partial charge in [-0.2, -0.15) is 0 Å². The Morgan fingerprint density at radius 3 is 2.64 bits per heavy atom. The zero-order valence-electron chi connectivity index (χ0n) is 12.7. The Kier molecular flexibility index (Phi) is 4.13. The molecule has 2 aliphatic heterocycles. The predicted octanol–water partition coefficient (Wildman–Crippen LogP) is -0.501. The molecule has 2 atom stereocenters. The number of piperazine rings is 2. The third-order valence-electron chi connectivity index (χ3n) is 4.37. The molecule has 2 saturated heterocycles. The lowest BCUT2D eigenvalue weighted by Crippen LogP contribution is -2.69. The molecule has 0 saturated carbocycles. The number of nitrogens with one attached hydrogen (secondary N) is 1. The molecule has 3 rings (SSSR count). The van der Waals surface area contributed by atoms with Crippen molar-refractivity contribution in [2.75, 3.05) is 26.2 Å². The monoisotopic (exact) mass is 303 g/mol. The second kappa shape index (κ2) is 6.06. The average molecular weight is 303 g/mol. The number of aliphatic hydroxyl groups is 1. The van der Waals surface area contributed by atoms with Crippen LogP contribution in [0.3, 0.4) is 0 Å². The summed E-state index contributed by atoms with van der Waals surface area (Å²) in [6.45, 7) is 4.28. The summed E-state index contributed by atoms with van der Waals surface area (Å²) in [4.78, 5) is 28.1. The van der Waals surface area contributed by atoms with Crippen molar-refractivity contribution in [3.05, 3.63) is 35.4 Å². The van der Waals surface area contributed by atoms with Crippen LogP contribution in [-0.2, 0) is 16.1 Å². The van der Waals surface area contributed by atoms with Gasteiger partial charge in [0.15, 0.2) is 0 Å². The molecule has 0 radical (unpaired) electrons. The Labute approximate surface area is 129 Å². The van der Waals surface area contributed by atoms with E-state index >= 15 is 0 Å². The lowest BCUT2D eigenvalue weighted by atomic mass is 10.0. The Morgan fingerprint density at radius 1 is 1.23 bits per heavy atom. The molecule has 0 unspecified atom stereocenters. The van der Waals surface area contributed by atoms with Gasteiger partial charge < -0.3 is 15.3 Å². The van der Waals surface area contributed by atoms with E-state index in [1.807, 2.05) is 0 Å². The number of rotatable bonds is 3. The highest BCUT2D eigenvalue weighted by atomic mass is 16.3. The van der Waals surface area contributed by atoms with Gasteiger partial charge in [-0.3, -0.25) is 14.5 Å². The van der Waals surface area contributed by atoms with E-state index in [-0.39, 0.29) is 18.4 Å². The van der Waals surface area contributed by atoms with E-state index < -0.39 is 12.1 Å². The Bertz CT molecular complexity index is 573. The van der Waals surface area contributed by atoms with Crippen molar-refractivity contribution in [1.82, 2.24) is 15.1 Å². The highest BCUT2D eigenvalue weighted by Crippen LogP contribution is 2.18. The van der Waals surface area contributed by atoms with Gasteiger partial charge in [0.2, 0.25) is 11.8 Å². The number of hydrogen-bond acceptors (Lipinski definition) is 4. The van der Waals surface area contributed by atoms with Crippen molar-refractivity contribution < 1.29 is 14.7 Å². The molecular weight excluding hydrogens is 282 g/mol. The standard InChI is InChI=1S/C16H21N3O3/c1-11-2-4-12(5-3-11)8-18-6-7-19-14(9-18)15(21)17-13(10-20)16(19)22/h2-5,13-14,20H,6-10H2,1H3,(H,17,21)/t13-,14-/m1/s1. The van der Waals surface area contributed by atoms with E-state index in [9.17, 15) is 9.59 Å². The minimum absolute atomic E-state index is 0.174. The van der Waals surface area contributed by atoms with Gasteiger partial charge in [0.1, 0.15) is 12.1 Å². The van der Waals surface area contributed by atoms with E-state index in [1.165, 1.54) is 11.1 Å². The summed E-state index contributed by atoms with van der Waals surface area (Å²) in [6.07, 6.45) is 0. The number of hydrogen-bond donors (Lipinski definition) is 2. The van der Waals surface area contributed by atoms with E-state index in [1.54, 1.807) is 4.90 Å². The average Bonchev–Trinajstić information content (AvgIpc) is 2.53. The molecule has 6 nitrogen and oxygen atoms in total. The predicted molar refractivity (Wildman–Crippen MR) is 81.0 cm³/mol. The van der Waals surface area contributed by atoms with Crippen LogP contribution in [0, 0.1) is 6.92 Å². The Morgan fingerprint density at radius 2 is 1.95 bits per heavy atom. The van der Waals surface area contributed by atoms with Gasteiger partial charge in [-0.15, -0.1) is 0 Å². The van der Waals surface area contributed by atoms with Crippen LogP contribution in [0.15, 0.2) is 24.3 Å². The van der Waals surface area contributed by atoms with Crippen molar-refractivity contribution in [1.29, 1.82) is 0 Å². The van der Waals surface area contributed by atoms with Crippen LogP contribution in [-0.4, -0.2) is 65.0 Å². The second-order valence-corrected chi connectivity index (χ2v) is 6.01. The largest absolute Gasteiger partial charge is 0.394 e. The molecule has 0 bridgehead atoms. The number of nitrogens with zero attached hydrogens (tertiary/aromatic N) is 2. The fraction of sp³-hybridized carbons (Fsp3) is 0.500. The first-order valence-electron chi connectivity index (χ1n) is 7.58. The van der Waals surface area contributed by atoms with Crippen LogP contribution in [0.1, 0.15) is 11.1 Å². The van der Waals surface area contributed by atoms with Gasteiger partial charge >= 0.3 is 0 Å². The van der Waals surface area contributed by atoms with Crippen LogP contribution in [0.4, 0.5) is 0 Å². The van der Waals surface area contributed by atoms with Gasteiger partial charge in [-0.1, -0.05) is 29.8 Å². The number of carbonyl (C=O) groups excluding carboxylic acids is 2. The summed E-state index contributed by atoms with van der Waals surface area (Å²) in [5, 5.41) is 11.8. The fourth-order valence-electron chi connectivity index (χ4n) is 3.08. The number of amides is 2. The molecule has 118 valence electrons. The zero-order chi connectivity index (χ0) is 15.7. The maximum atomic E-state index is 12.2. The van der Waals surface area contributed by atoms with E-state index in [0.29, 0.717) is 13.1 Å². The van der Waals surface area contributed by atoms with Gasteiger partial charge in [-0.25, -0.2) is 0 Å². The first-order chi connectivity index (χ1) is 10.6. The molecule has 0 spiro atoms. The molecule has 2 fully saturated rings. The third kappa shape index (κ3) is 2.84. The molecule has 1 aromatic carbocycles. The van der Waals surface area contributed by atoms with Gasteiger partial charge in [0.05, 0.1) is 6.61 Å². The molecule has 22 heavy (non-hydrogen) atoms. The molecule has 0 aromatic heterocycles. The van der Waals surface area contributed by atoms with Gasteiger partial charge in [0.25, 0.3) is 0 Å². The summed E-state index contributed by atoms with van der Waals surface area (Å²) < 4.78 is 0. The molecule has 0 aliphatic carbocycles. The lowest BCUT2D eigenvalue weighted by molar-refractivity contribution is -0.154. The smallest absolute Gasteiger partial charge is 0.248 e. The quantitative estimate of drug-likeness (QED) is 0.789. The maximum Gasteiger partial charge on any atom is 0.248 e. The number of aryl methyl sites for hydroxylation is 1. The van der Waals surface area contributed by atoms with E-state index in [0.717, 1.165) is 13.1 Å². The number of benzene rings is 1. The summed E-state index contributed by atoms with van der Waals surface area (Å²) >= 11 is 0. The first kappa shape index (κ1) is 15.0. The number of carbonyl (C=O) groups is 2. The van der Waals surface area contributed by atoms with Crippen molar-refractivity contribution in [3.63, 3.8) is 0 Å². The summed E-state index contributed by atoms with van der Waals surface area (Å²) in [7, 11) is 0. The minimum atomic E-state index is -0.785. The Balaban J connectivity index is 1.67. The van der Waals surface area contributed by atoms with Crippen LogP contribution in [0.5, 0.6) is 0 Å². The molecule has 6 heteroatoms. The normalized spacial score (nSPS) is 25.8. The summed E-state index contributed by atoms with van der Waals surface area (Å²) in [5.41, 5.74) is 2.43. The van der Waals surface area contributed by atoms with Crippen molar-refractivity contribution >= 4 is 11.8 Å². The van der Waals surface area contributed by atoms with Crippen LogP contribution >= 0.6 is 0 Å². The zero-order valence-corrected chi connectivity index (χ0v) is 12.7. The van der Waals surface area contributed by atoms with Gasteiger partial charge in [-0.05, 0) is 12.5 Å². The molecule has 2 amide bonds. The van der Waals surface area contributed by atoms with Crippen LogP contribution in [0.25, 0.3) is 0 Å². The maximum absolute atomic E-state index is 12.2. The van der Waals surface area contributed by atoms with E-state index in [4.69, 9.17) is 5.11 Å². The highest BCUT2D eigenvalue weighted by Gasteiger charge is 2.42. The topological polar surface area (TPSA) is 72.9 Å². The summed E-state index contributed by atoms with van der Waals surface area (Å²) in [6, 6.07) is 7.11. The Hall–Kier alpha value is -1.92. The molecular formula is C16H21N3O3. The fourth-order valence-corrected chi connectivity index (χ4v) is 3.08. The molecule has 1 aromatic rings. The van der Waals surface area contributed by atoms with Crippen LogP contribution < -0.4 is 5.32 Å². The lowest BCUT2D eigenvalue weighted by Gasteiger charge is -2.45. The number of aliphatic hydroxyl groups excluding tert-OH is 1. The van der Waals surface area contributed by atoms with Crippen LogP contribution in [0.2, 0.25) is 0 Å². The SMILES string of the molecule is Cc1ccc(CN2CCN3C(=O)[C@@H](CO)NC(=O)[C@H]3C2)cc1. The number of fused-ring (bicyclic) bond motifs is 1. The van der Waals surface area contributed by atoms with Crippen molar-refractivity contribution in [2.24, 2.45) is 0 Å². The molecule has 2 heterocycles. The minimum Gasteiger partial charge on any atom is -0.394 e. The second-order valence-electron chi connectivity index (χ2n) is 6.01. The van der Waals surface area contributed by atoms with Crippen molar-refractivity contribution in [2.45, 2.75) is 25.6 Å². The van der Waals surface area contributed by atoms with Gasteiger partial charge in [0, 0.05) is 26.2 Å². The molecule has 2 N–H and O–H groups in total. The molecule has 2 aliphatic rings. The third-order valence-corrected chi connectivity index (χ3v) is 4.37.